The normalized spacial score (nSPS) is 16.2. The molecule has 1 aliphatic heterocycles. The number of carbonyl (C=O) groups is 2. The van der Waals surface area contributed by atoms with Gasteiger partial charge in [0.25, 0.3) is 5.91 Å². The van der Waals surface area contributed by atoms with Gasteiger partial charge in [0.2, 0.25) is 0 Å². The van der Waals surface area contributed by atoms with Gasteiger partial charge in [0.15, 0.2) is 0 Å². The van der Waals surface area contributed by atoms with Crippen LogP contribution in [0.15, 0.2) is 6.20 Å². The van der Waals surface area contributed by atoms with E-state index in [-0.39, 0.29) is 6.09 Å². The molecule has 2 amide bonds. The van der Waals surface area contributed by atoms with Crippen molar-refractivity contribution in [2.75, 3.05) is 25.0 Å². The number of hydrogen-bond acceptors (Lipinski definition) is 5. The molecule has 23 heavy (non-hydrogen) atoms. The summed E-state index contributed by atoms with van der Waals surface area (Å²) in [6.07, 6.45) is 2.92. The molecule has 4 N–H and O–H groups in total. The molecular formula is C15H25N5O3. The third kappa shape index (κ3) is 4.87. The van der Waals surface area contributed by atoms with E-state index in [1.807, 2.05) is 20.8 Å². The zero-order valence-corrected chi connectivity index (χ0v) is 13.9. The molecule has 0 bridgehead atoms. The predicted molar refractivity (Wildman–Crippen MR) is 86.1 cm³/mol. The molecule has 0 aliphatic carbocycles. The van der Waals surface area contributed by atoms with Crippen LogP contribution >= 0.6 is 0 Å². The first kappa shape index (κ1) is 17.1. The Hall–Kier alpha value is -2.25. The van der Waals surface area contributed by atoms with Crippen LogP contribution in [-0.2, 0) is 4.74 Å². The number of ether oxygens (including phenoxy) is 1. The maximum Gasteiger partial charge on any atom is 0.410 e. The maximum absolute atomic E-state index is 12.0. The molecule has 8 nitrogen and oxygen atoms in total. The number of nitrogens with zero attached hydrogens (tertiary/aromatic N) is 2. The van der Waals surface area contributed by atoms with E-state index in [0.717, 1.165) is 12.8 Å². The summed E-state index contributed by atoms with van der Waals surface area (Å²) in [6.45, 7) is 7.64. The fourth-order valence-electron chi connectivity index (χ4n) is 2.50. The Labute approximate surface area is 135 Å². The van der Waals surface area contributed by atoms with Crippen molar-refractivity contribution in [3.8, 4) is 0 Å². The van der Waals surface area contributed by atoms with Crippen LogP contribution in [0.2, 0.25) is 0 Å². The first-order chi connectivity index (χ1) is 10.8. The maximum atomic E-state index is 12.0. The van der Waals surface area contributed by atoms with Gasteiger partial charge in [-0.1, -0.05) is 0 Å². The summed E-state index contributed by atoms with van der Waals surface area (Å²) in [5.41, 5.74) is 5.16. The van der Waals surface area contributed by atoms with Crippen molar-refractivity contribution >= 4 is 17.8 Å². The van der Waals surface area contributed by atoms with Crippen LogP contribution in [0.1, 0.15) is 44.0 Å². The molecule has 1 saturated heterocycles. The third-order valence-electron chi connectivity index (χ3n) is 3.74. The minimum Gasteiger partial charge on any atom is -0.444 e. The Bertz CT molecular complexity index is 556. The average molecular weight is 323 g/mol. The first-order valence-corrected chi connectivity index (χ1v) is 7.81. The minimum atomic E-state index is -0.513. The molecule has 1 aliphatic rings. The molecule has 0 radical (unpaired) electrons. The monoisotopic (exact) mass is 323 g/mol. The molecule has 0 aromatic carbocycles. The van der Waals surface area contributed by atoms with Crippen LogP contribution in [0.5, 0.6) is 0 Å². The number of aromatic amines is 1. The van der Waals surface area contributed by atoms with Gasteiger partial charge in [-0.05, 0) is 39.5 Å². The topological polar surface area (TPSA) is 113 Å². The Morgan fingerprint density at radius 2 is 2.09 bits per heavy atom. The molecule has 0 unspecified atom stereocenters. The highest BCUT2D eigenvalue weighted by molar-refractivity contribution is 5.97. The number of nitrogens with one attached hydrogen (secondary N) is 2. The Morgan fingerprint density at radius 1 is 1.43 bits per heavy atom. The number of H-pyrrole nitrogens is 1. The molecule has 8 heteroatoms. The number of primary amides is 1. The van der Waals surface area contributed by atoms with Gasteiger partial charge >= 0.3 is 6.09 Å². The number of rotatable bonds is 4. The van der Waals surface area contributed by atoms with E-state index in [2.05, 4.69) is 15.5 Å². The fourth-order valence-corrected chi connectivity index (χ4v) is 2.50. The van der Waals surface area contributed by atoms with E-state index in [0.29, 0.717) is 36.9 Å². The largest absolute Gasteiger partial charge is 0.444 e. The van der Waals surface area contributed by atoms with E-state index in [9.17, 15) is 9.59 Å². The molecule has 1 aromatic heterocycles. The summed E-state index contributed by atoms with van der Waals surface area (Å²) in [5.74, 6) is 0.450. The summed E-state index contributed by atoms with van der Waals surface area (Å²) in [7, 11) is 0. The lowest BCUT2D eigenvalue weighted by atomic mass is 9.97. The lowest BCUT2D eigenvalue weighted by Gasteiger charge is -2.33. The van der Waals surface area contributed by atoms with Crippen LogP contribution in [-0.4, -0.2) is 52.3 Å². The highest BCUT2D eigenvalue weighted by atomic mass is 16.6. The number of carbonyl (C=O) groups excluding carboxylic acids is 2. The molecule has 1 aromatic rings. The van der Waals surface area contributed by atoms with Crippen LogP contribution < -0.4 is 11.1 Å². The zero-order valence-electron chi connectivity index (χ0n) is 13.9. The number of amides is 2. The predicted octanol–water partition coefficient (Wildman–Crippen LogP) is 1.57. The van der Waals surface area contributed by atoms with E-state index in [1.165, 1.54) is 6.20 Å². The molecule has 128 valence electrons. The van der Waals surface area contributed by atoms with E-state index < -0.39 is 11.5 Å². The van der Waals surface area contributed by atoms with Gasteiger partial charge in [-0.3, -0.25) is 9.89 Å². The van der Waals surface area contributed by atoms with Gasteiger partial charge in [0.1, 0.15) is 17.0 Å². The van der Waals surface area contributed by atoms with Crippen molar-refractivity contribution in [1.82, 2.24) is 15.1 Å². The van der Waals surface area contributed by atoms with Gasteiger partial charge in [0.05, 0.1) is 6.20 Å². The Balaban J connectivity index is 1.78. The van der Waals surface area contributed by atoms with Crippen molar-refractivity contribution in [3.63, 3.8) is 0 Å². The summed E-state index contributed by atoms with van der Waals surface area (Å²) >= 11 is 0. The number of piperidine rings is 1. The molecule has 1 fully saturated rings. The smallest absolute Gasteiger partial charge is 0.410 e. The van der Waals surface area contributed by atoms with Crippen molar-refractivity contribution in [2.24, 2.45) is 11.7 Å². The molecule has 0 saturated carbocycles. The number of anilines is 1. The summed E-state index contributed by atoms with van der Waals surface area (Å²) in [6, 6.07) is 0. The van der Waals surface area contributed by atoms with Gasteiger partial charge < -0.3 is 20.7 Å². The lowest BCUT2D eigenvalue weighted by Crippen LogP contribution is -2.42. The van der Waals surface area contributed by atoms with Crippen molar-refractivity contribution in [1.29, 1.82) is 0 Å². The van der Waals surface area contributed by atoms with Gasteiger partial charge in [-0.25, -0.2) is 4.79 Å². The number of aromatic nitrogens is 2. The van der Waals surface area contributed by atoms with Crippen LogP contribution in [0, 0.1) is 5.92 Å². The SMILES string of the molecule is CC(C)(C)OC(=O)N1CCC(CNc2[nH]ncc2C(N)=O)CC1. The van der Waals surface area contributed by atoms with E-state index >= 15 is 0 Å². The lowest BCUT2D eigenvalue weighted by molar-refractivity contribution is 0.0188. The van der Waals surface area contributed by atoms with E-state index in [4.69, 9.17) is 10.5 Å². The van der Waals surface area contributed by atoms with Crippen molar-refractivity contribution in [2.45, 2.75) is 39.2 Å². The van der Waals surface area contributed by atoms with Crippen molar-refractivity contribution in [3.05, 3.63) is 11.8 Å². The fraction of sp³-hybridized carbons (Fsp3) is 0.667. The quantitative estimate of drug-likeness (QED) is 0.778. The van der Waals surface area contributed by atoms with E-state index in [1.54, 1.807) is 4.90 Å². The molecule has 0 spiro atoms. The van der Waals surface area contributed by atoms with Crippen LogP contribution in [0.25, 0.3) is 0 Å². The van der Waals surface area contributed by atoms with Crippen molar-refractivity contribution < 1.29 is 14.3 Å². The molecule has 2 rings (SSSR count). The second-order valence-corrected chi connectivity index (χ2v) is 6.81. The van der Waals surface area contributed by atoms with Gasteiger partial charge in [-0.2, -0.15) is 5.10 Å². The molecule has 2 heterocycles. The third-order valence-corrected chi connectivity index (χ3v) is 3.74. The summed E-state index contributed by atoms with van der Waals surface area (Å²) < 4.78 is 5.38. The number of hydrogen-bond donors (Lipinski definition) is 3. The van der Waals surface area contributed by atoms with Crippen LogP contribution in [0.3, 0.4) is 0 Å². The standard InChI is InChI=1S/C15H25N5O3/c1-15(2,3)23-14(22)20-6-4-10(5-7-20)8-17-13-11(12(16)21)9-18-19-13/h9-10H,4-8H2,1-3H3,(H2,16,21)(H2,17,18,19). The number of nitrogens with two attached hydrogens (primary N) is 1. The second kappa shape index (κ2) is 6.89. The Morgan fingerprint density at radius 3 is 2.65 bits per heavy atom. The minimum absolute atomic E-state index is 0.256. The number of likely N-dealkylation sites (tertiary alicyclic amines) is 1. The summed E-state index contributed by atoms with van der Waals surface area (Å²) in [4.78, 5) is 25.0. The average Bonchev–Trinajstić information content (AvgIpc) is 2.92. The highest BCUT2D eigenvalue weighted by Gasteiger charge is 2.27. The zero-order chi connectivity index (χ0) is 17.0. The summed E-state index contributed by atoms with van der Waals surface area (Å²) in [5, 5.41) is 9.72. The Kier molecular flexibility index (Phi) is 5.12. The molecule has 0 atom stereocenters. The van der Waals surface area contributed by atoms with Gasteiger partial charge in [0, 0.05) is 19.6 Å². The van der Waals surface area contributed by atoms with Gasteiger partial charge in [-0.15, -0.1) is 0 Å². The second-order valence-electron chi connectivity index (χ2n) is 6.81. The molecular weight excluding hydrogens is 298 g/mol. The first-order valence-electron chi connectivity index (χ1n) is 7.81. The highest BCUT2D eigenvalue weighted by Crippen LogP contribution is 2.20. The van der Waals surface area contributed by atoms with Crippen LogP contribution in [0.4, 0.5) is 10.6 Å².